The molecule has 6 nitrogen and oxygen atoms in total. The number of para-hydroxylation sites is 1. The Bertz CT molecular complexity index is 884. The van der Waals surface area contributed by atoms with E-state index in [4.69, 9.17) is 5.73 Å². The van der Waals surface area contributed by atoms with Gasteiger partial charge in [0.15, 0.2) is 0 Å². The van der Waals surface area contributed by atoms with E-state index >= 15 is 0 Å². The molecule has 0 fully saturated rings. The van der Waals surface area contributed by atoms with E-state index in [0.29, 0.717) is 18.4 Å². The predicted molar refractivity (Wildman–Crippen MR) is 94.3 cm³/mol. The third kappa shape index (κ3) is 2.53. The van der Waals surface area contributed by atoms with Crippen LogP contribution in [0.3, 0.4) is 0 Å². The summed E-state index contributed by atoms with van der Waals surface area (Å²) in [5, 5.41) is 5.34. The van der Waals surface area contributed by atoms with Crippen molar-refractivity contribution in [2.45, 2.75) is 31.8 Å². The van der Waals surface area contributed by atoms with Crippen molar-refractivity contribution >= 4 is 16.7 Å². The second-order valence-corrected chi connectivity index (χ2v) is 6.54. The smallest absolute Gasteiger partial charge is 0.145 e. The molecule has 0 bridgehead atoms. The molecule has 0 aliphatic heterocycles. The number of aromatic nitrogens is 4. The first-order valence-corrected chi connectivity index (χ1v) is 8.35. The molecule has 0 spiro atoms. The molecular weight excluding hydrogens is 300 g/mol. The molecule has 2 aromatic heterocycles. The lowest BCUT2D eigenvalue weighted by molar-refractivity contribution is 0.208. The highest BCUT2D eigenvalue weighted by atomic mass is 15.3. The van der Waals surface area contributed by atoms with Gasteiger partial charge in [0.1, 0.15) is 11.6 Å². The van der Waals surface area contributed by atoms with Crippen molar-refractivity contribution in [1.82, 2.24) is 24.6 Å². The van der Waals surface area contributed by atoms with Crippen molar-refractivity contribution in [2.24, 2.45) is 7.05 Å². The first kappa shape index (κ1) is 15.1. The Morgan fingerprint density at radius 2 is 2.12 bits per heavy atom. The van der Waals surface area contributed by atoms with Crippen LogP contribution in [0.1, 0.15) is 36.0 Å². The van der Waals surface area contributed by atoms with Crippen LogP contribution in [0.5, 0.6) is 0 Å². The van der Waals surface area contributed by atoms with E-state index in [0.717, 1.165) is 29.6 Å². The molecule has 24 heavy (non-hydrogen) atoms. The van der Waals surface area contributed by atoms with E-state index in [1.165, 1.54) is 17.7 Å². The molecule has 3 aromatic rings. The number of hydrogen-bond donors (Lipinski definition) is 1. The number of fused-ring (bicyclic) bond motifs is 2. The van der Waals surface area contributed by atoms with Gasteiger partial charge in [0.05, 0.1) is 18.3 Å². The monoisotopic (exact) mass is 322 g/mol. The van der Waals surface area contributed by atoms with Gasteiger partial charge in [-0.25, -0.2) is 9.97 Å². The highest BCUT2D eigenvalue weighted by Gasteiger charge is 2.27. The Morgan fingerprint density at radius 3 is 3.00 bits per heavy atom. The highest BCUT2D eigenvalue weighted by Crippen LogP contribution is 2.33. The van der Waals surface area contributed by atoms with E-state index in [1.54, 1.807) is 0 Å². The van der Waals surface area contributed by atoms with Crippen molar-refractivity contribution in [1.29, 1.82) is 0 Å². The summed E-state index contributed by atoms with van der Waals surface area (Å²) in [5.74, 6) is 1.32. The van der Waals surface area contributed by atoms with Crippen LogP contribution in [0.2, 0.25) is 0 Å². The summed E-state index contributed by atoms with van der Waals surface area (Å²) in [6, 6.07) is 8.24. The summed E-state index contributed by atoms with van der Waals surface area (Å²) in [6.07, 6.45) is 5.43. The molecular formula is C18H22N6. The minimum absolute atomic E-state index is 0.360. The van der Waals surface area contributed by atoms with Gasteiger partial charge in [0.25, 0.3) is 0 Å². The molecule has 124 valence electrons. The van der Waals surface area contributed by atoms with Gasteiger partial charge in [-0.1, -0.05) is 12.1 Å². The van der Waals surface area contributed by atoms with E-state index in [9.17, 15) is 0 Å². The van der Waals surface area contributed by atoms with Gasteiger partial charge in [-0.05, 0) is 38.4 Å². The van der Waals surface area contributed by atoms with Gasteiger partial charge in [-0.15, -0.1) is 0 Å². The van der Waals surface area contributed by atoms with Crippen molar-refractivity contribution in [3.05, 3.63) is 47.5 Å². The maximum Gasteiger partial charge on any atom is 0.145 e. The SMILES string of the molecule is CN(Cc1nc(N)c2ccccc2n1)[C@H]1CCCc2c1cnn2C. The fourth-order valence-corrected chi connectivity index (χ4v) is 3.70. The zero-order valence-electron chi connectivity index (χ0n) is 14.1. The van der Waals surface area contributed by atoms with Crippen LogP contribution in [-0.4, -0.2) is 31.7 Å². The molecule has 6 heteroatoms. The molecule has 2 N–H and O–H groups in total. The maximum absolute atomic E-state index is 6.11. The fourth-order valence-electron chi connectivity index (χ4n) is 3.70. The Labute approximate surface area is 141 Å². The summed E-state index contributed by atoms with van der Waals surface area (Å²) in [5.41, 5.74) is 9.69. The van der Waals surface area contributed by atoms with E-state index < -0.39 is 0 Å². The minimum atomic E-state index is 0.360. The second kappa shape index (κ2) is 5.87. The average molecular weight is 322 g/mol. The van der Waals surface area contributed by atoms with Gasteiger partial charge in [-0.3, -0.25) is 9.58 Å². The zero-order chi connectivity index (χ0) is 16.7. The summed E-state index contributed by atoms with van der Waals surface area (Å²) in [4.78, 5) is 11.5. The second-order valence-electron chi connectivity index (χ2n) is 6.54. The molecule has 1 aliphatic rings. The number of nitrogen functional groups attached to an aromatic ring is 1. The first-order valence-electron chi connectivity index (χ1n) is 8.35. The van der Waals surface area contributed by atoms with Gasteiger partial charge in [0, 0.05) is 29.7 Å². The Balaban J connectivity index is 1.62. The molecule has 0 amide bonds. The zero-order valence-corrected chi connectivity index (χ0v) is 14.1. The third-order valence-corrected chi connectivity index (χ3v) is 4.95. The van der Waals surface area contributed by atoms with Crippen LogP contribution < -0.4 is 5.73 Å². The van der Waals surface area contributed by atoms with Crippen molar-refractivity contribution in [2.75, 3.05) is 12.8 Å². The largest absolute Gasteiger partial charge is 0.383 e. The lowest BCUT2D eigenvalue weighted by Crippen LogP contribution is -2.28. The predicted octanol–water partition coefficient (Wildman–Crippen LogP) is 2.45. The lowest BCUT2D eigenvalue weighted by Gasteiger charge is -2.31. The van der Waals surface area contributed by atoms with Crippen LogP contribution >= 0.6 is 0 Å². The molecule has 4 rings (SSSR count). The van der Waals surface area contributed by atoms with E-state index in [2.05, 4.69) is 27.0 Å². The lowest BCUT2D eigenvalue weighted by atomic mass is 9.92. The molecule has 0 saturated heterocycles. The Morgan fingerprint density at radius 1 is 1.29 bits per heavy atom. The Hall–Kier alpha value is -2.47. The number of nitrogens with zero attached hydrogens (tertiary/aromatic N) is 5. The number of benzene rings is 1. The van der Waals surface area contributed by atoms with E-state index in [-0.39, 0.29) is 0 Å². The summed E-state index contributed by atoms with van der Waals surface area (Å²) in [6.45, 7) is 0.675. The Kier molecular flexibility index (Phi) is 3.69. The van der Waals surface area contributed by atoms with Crippen LogP contribution in [-0.2, 0) is 20.0 Å². The fraction of sp³-hybridized carbons (Fsp3) is 0.389. The molecule has 1 aliphatic carbocycles. The van der Waals surface area contributed by atoms with Crippen LogP contribution in [0.25, 0.3) is 10.9 Å². The van der Waals surface area contributed by atoms with Crippen LogP contribution in [0.4, 0.5) is 5.82 Å². The van der Waals surface area contributed by atoms with Crippen LogP contribution in [0, 0.1) is 0 Å². The van der Waals surface area contributed by atoms with Gasteiger partial charge < -0.3 is 5.73 Å². The number of anilines is 1. The minimum Gasteiger partial charge on any atom is -0.383 e. The van der Waals surface area contributed by atoms with Gasteiger partial charge in [0.2, 0.25) is 0 Å². The van der Waals surface area contributed by atoms with E-state index in [1.807, 2.05) is 42.2 Å². The normalized spacial score (nSPS) is 17.4. The quantitative estimate of drug-likeness (QED) is 0.802. The third-order valence-electron chi connectivity index (χ3n) is 4.95. The standard InChI is InChI=1S/C18H22N6/c1-23(15-8-5-9-16-13(15)10-20-24(16)2)11-17-21-14-7-4-3-6-12(14)18(19)22-17/h3-4,6-7,10,15H,5,8-9,11H2,1-2H3,(H2,19,21,22)/t15-/m0/s1. The van der Waals surface area contributed by atoms with Gasteiger partial charge >= 0.3 is 0 Å². The molecule has 2 heterocycles. The first-order chi connectivity index (χ1) is 11.6. The number of hydrogen-bond acceptors (Lipinski definition) is 5. The summed E-state index contributed by atoms with van der Waals surface area (Å²) in [7, 11) is 4.15. The van der Waals surface area contributed by atoms with Crippen molar-refractivity contribution in [3.63, 3.8) is 0 Å². The molecule has 0 radical (unpaired) electrons. The van der Waals surface area contributed by atoms with Crippen molar-refractivity contribution < 1.29 is 0 Å². The number of rotatable bonds is 3. The average Bonchev–Trinajstić information content (AvgIpc) is 2.96. The molecule has 1 atom stereocenters. The highest BCUT2D eigenvalue weighted by molar-refractivity contribution is 5.87. The van der Waals surface area contributed by atoms with Crippen molar-refractivity contribution in [3.8, 4) is 0 Å². The topological polar surface area (TPSA) is 72.9 Å². The maximum atomic E-state index is 6.11. The molecule has 0 unspecified atom stereocenters. The molecule has 1 aromatic carbocycles. The summed E-state index contributed by atoms with van der Waals surface area (Å²) >= 11 is 0. The van der Waals surface area contributed by atoms with Crippen LogP contribution in [0.15, 0.2) is 30.5 Å². The number of nitrogens with two attached hydrogens (primary N) is 1. The molecule has 0 saturated carbocycles. The number of aryl methyl sites for hydroxylation is 1. The van der Waals surface area contributed by atoms with Gasteiger partial charge in [-0.2, -0.15) is 5.10 Å². The summed E-state index contributed by atoms with van der Waals surface area (Å²) < 4.78 is 2.00.